The van der Waals surface area contributed by atoms with E-state index in [1.54, 1.807) is 0 Å². The molecule has 0 bridgehead atoms. The van der Waals surface area contributed by atoms with Crippen molar-refractivity contribution in [1.82, 2.24) is 5.32 Å². The maximum atomic E-state index is 5.52. The Morgan fingerprint density at radius 1 is 1.29 bits per heavy atom. The van der Waals surface area contributed by atoms with Crippen LogP contribution in [0.15, 0.2) is 42.5 Å². The van der Waals surface area contributed by atoms with Gasteiger partial charge in [-0.3, -0.25) is 0 Å². The van der Waals surface area contributed by atoms with E-state index in [9.17, 15) is 0 Å². The van der Waals surface area contributed by atoms with Crippen LogP contribution >= 0.6 is 11.6 Å². The van der Waals surface area contributed by atoms with Gasteiger partial charge in [-0.25, -0.2) is 0 Å². The highest BCUT2D eigenvalue weighted by Gasteiger charge is 2.00. The van der Waals surface area contributed by atoms with Crippen LogP contribution in [0.5, 0.6) is 0 Å². The van der Waals surface area contributed by atoms with E-state index in [2.05, 4.69) is 36.5 Å². The molecule has 0 aliphatic rings. The fourth-order valence-corrected chi connectivity index (χ4v) is 1.38. The van der Waals surface area contributed by atoms with Crippen LogP contribution in [0.25, 0.3) is 0 Å². The van der Waals surface area contributed by atoms with Crippen LogP contribution in [-0.4, -0.2) is 12.4 Å². The van der Waals surface area contributed by atoms with E-state index in [-0.39, 0.29) is 0 Å². The van der Waals surface area contributed by atoms with Crippen molar-refractivity contribution in [1.29, 1.82) is 0 Å². The van der Waals surface area contributed by atoms with Crippen molar-refractivity contribution >= 4 is 11.6 Å². The smallest absolute Gasteiger partial charge is 0.0404 e. The number of hydrogen-bond acceptors (Lipinski definition) is 1. The third-order valence-electron chi connectivity index (χ3n) is 2.10. The van der Waals surface area contributed by atoms with E-state index in [0.717, 1.165) is 6.54 Å². The lowest BCUT2D eigenvalue weighted by molar-refractivity contribution is 0.617. The lowest BCUT2D eigenvalue weighted by atomic mass is 10.1. The molecular formula is C12H16ClN. The van der Waals surface area contributed by atoms with Gasteiger partial charge in [-0.2, -0.15) is 0 Å². The summed E-state index contributed by atoms with van der Waals surface area (Å²) in [5, 5.41) is 3.39. The molecule has 2 heteroatoms. The highest BCUT2D eigenvalue weighted by Crippen LogP contribution is 2.10. The van der Waals surface area contributed by atoms with Gasteiger partial charge < -0.3 is 5.32 Å². The Bertz CT molecular complexity index is 269. The van der Waals surface area contributed by atoms with Gasteiger partial charge in [0.2, 0.25) is 0 Å². The van der Waals surface area contributed by atoms with E-state index in [1.165, 1.54) is 5.56 Å². The van der Waals surface area contributed by atoms with E-state index in [1.807, 2.05) is 18.2 Å². The van der Waals surface area contributed by atoms with Gasteiger partial charge in [0.05, 0.1) is 0 Å². The summed E-state index contributed by atoms with van der Waals surface area (Å²) in [4.78, 5) is 0. The highest BCUT2D eigenvalue weighted by atomic mass is 35.5. The van der Waals surface area contributed by atoms with Crippen LogP contribution in [0.3, 0.4) is 0 Å². The molecule has 0 aromatic heterocycles. The largest absolute Gasteiger partial charge is 0.307 e. The van der Waals surface area contributed by atoms with Gasteiger partial charge in [-0.1, -0.05) is 42.5 Å². The minimum absolute atomic E-state index is 0.385. The van der Waals surface area contributed by atoms with Gasteiger partial charge >= 0.3 is 0 Å². The van der Waals surface area contributed by atoms with Gasteiger partial charge in [-0.15, -0.1) is 11.6 Å². The quantitative estimate of drug-likeness (QED) is 0.581. The van der Waals surface area contributed by atoms with E-state index < -0.39 is 0 Å². The summed E-state index contributed by atoms with van der Waals surface area (Å²) >= 11 is 5.52. The molecule has 1 aromatic rings. The fourth-order valence-electron chi connectivity index (χ4n) is 1.25. The van der Waals surface area contributed by atoms with Gasteiger partial charge in [-0.05, 0) is 12.5 Å². The Morgan fingerprint density at radius 2 is 2.00 bits per heavy atom. The summed E-state index contributed by atoms with van der Waals surface area (Å²) in [6.45, 7) is 3.02. The van der Waals surface area contributed by atoms with Gasteiger partial charge in [0.15, 0.2) is 0 Å². The molecule has 0 spiro atoms. The minimum Gasteiger partial charge on any atom is -0.307 e. The molecule has 0 heterocycles. The Kier molecular flexibility index (Phi) is 5.35. The first-order valence-electron chi connectivity index (χ1n) is 4.84. The summed E-state index contributed by atoms with van der Waals surface area (Å²) in [6.07, 6.45) is 4.00. The third kappa shape index (κ3) is 3.95. The normalized spacial score (nSPS) is 13.3. The molecule has 0 saturated heterocycles. The van der Waals surface area contributed by atoms with Crippen LogP contribution in [0.1, 0.15) is 18.5 Å². The predicted octanol–water partition coefficient (Wildman–Crippen LogP) is 3.13. The summed E-state index contributed by atoms with van der Waals surface area (Å²) in [5.74, 6) is 0.585. The highest BCUT2D eigenvalue weighted by molar-refractivity contribution is 6.18. The maximum Gasteiger partial charge on any atom is 0.0404 e. The van der Waals surface area contributed by atoms with E-state index in [0.29, 0.717) is 11.9 Å². The van der Waals surface area contributed by atoms with Gasteiger partial charge in [0.1, 0.15) is 0 Å². The Morgan fingerprint density at radius 3 is 2.64 bits per heavy atom. The monoisotopic (exact) mass is 209 g/mol. The van der Waals surface area contributed by atoms with Crippen LogP contribution in [-0.2, 0) is 0 Å². The standard InChI is InChI=1S/C12H16ClN/c1-11(14-10-6-5-9-13)12-7-3-2-4-8-12/h2-8,11,14H,9-10H2,1H3/b6-5+/t11-/m0/s1. The average molecular weight is 210 g/mol. The first-order chi connectivity index (χ1) is 6.84. The minimum atomic E-state index is 0.385. The zero-order chi connectivity index (χ0) is 10.2. The molecule has 14 heavy (non-hydrogen) atoms. The van der Waals surface area contributed by atoms with Gasteiger partial charge in [0.25, 0.3) is 0 Å². The number of alkyl halides is 1. The summed E-state index contributed by atoms with van der Waals surface area (Å²) < 4.78 is 0. The van der Waals surface area contributed by atoms with Crippen molar-refractivity contribution in [2.75, 3.05) is 12.4 Å². The molecule has 0 aliphatic carbocycles. The van der Waals surface area contributed by atoms with Gasteiger partial charge in [0, 0.05) is 18.5 Å². The van der Waals surface area contributed by atoms with Crippen molar-refractivity contribution in [3.8, 4) is 0 Å². The summed E-state index contributed by atoms with van der Waals surface area (Å²) in [5.41, 5.74) is 1.31. The van der Waals surface area contributed by atoms with Crippen LogP contribution < -0.4 is 5.32 Å². The molecule has 0 radical (unpaired) electrons. The van der Waals surface area contributed by atoms with Crippen molar-refractivity contribution in [2.45, 2.75) is 13.0 Å². The average Bonchev–Trinajstić information content (AvgIpc) is 2.25. The number of nitrogens with one attached hydrogen (secondary N) is 1. The molecule has 1 aromatic carbocycles. The molecule has 1 rings (SSSR count). The molecule has 0 aliphatic heterocycles. The number of allylic oxidation sites excluding steroid dienone is 1. The number of halogens is 1. The zero-order valence-corrected chi connectivity index (χ0v) is 9.17. The molecule has 0 fully saturated rings. The van der Waals surface area contributed by atoms with Crippen LogP contribution in [0.4, 0.5) is 0 Å². The Balaban J connectivity index is 2.36. The number of hydrogen-bond donors (Lipinski definition) is 1. The van der Waals surface area contributed by atoms with E-state index >= 15 is 0 Å². The van der Waals surface area contributed by atoms with Crippen molar-refractivity contribution in [3.05, 3.63) is 48.0 Å². The van der Waals surface area contributed by atoms with Crippen molar-refractivity contribution in [2.24, 2.45) is 0 Å². The second-order valence-corrected chi connectivity index (χ2v) is 3.47. The third-order valence-corrected chi connectivity index (χ3v) is 2.28. The van der Waals surface area contributed by atoms with Crippen molar-refractivity contribution in [3.63, 3.8) is 0 Å². The fraction of sp³-hybridized carbons (Fsp3) is 0.333. The number of benzene rings is 1. The molecule has 1 atom stereocenters. The molecule has 0 unspecified atom stereocenters. The zero-order valence-electron chi connectivity index (χ0n) is 8.41. The Labute approximate surface area is 90.8 Å². The lowest BCUT2D eigenvalue weighted by Crippen LogP contribution is -2.18. The first-order valence-corrected chi connectivity index (χ1v) is 5.37. The molecule has 0 amide bonds. The number of rotatable bonds is 5. The topological polar surface area (TPSA) is 12.0 Å². The second kappa shape index (κ2) is 6.63. The van der Waals surface area contributed by atoms with Crippen molar-refractivity contribution < 1.29 is 0 Å². The SMILES string of the molecule is C[C@H](NC/C=C/CCl)c1ccccc1. The molecule has 1 nitrogen and oxygen atoms in total. The molecular weight excluding hydrogens is 194 g/mol. The second-order valence-electron chi connectivity index (χ2n) is 3.17. The lowest BCUT2D eigenvalue weighted by Gasteiger charge is -2.12. The molecule has 1 N–H and O–H groups in total. The predicted molar refractivity (Wildman–Crippen MR) is 62.7 cm³/mol. The maximum absolute atomic E-state index is 5.52. The molecule has 76 valence electrons. The van der Waals surface area contributed by atoms with Crippen LogP contribution in [0, 0.1) is 0 Å². The summed E-state index contributed by atoms with van der Waals surface area (Å²) in [7, 11) is 0. The van der Waals surface area contributed by atoms with E-state index in [4.69, 9.17) is 11.6 Å². The molecule has 0 saturated carbocycles. The summed E-state index contributed by atoms with van der Waals surface area (Å²) in [6, 6.07) is 10.8. The van der Waals surface area contributed by atoms with Crippen LogP contribution in [0.2, 0.25) is 0 Å². The Hall–Kier alpha value is -0.790. The first kappa shape index (κ1) is 11.3.